The second-order valence-electron chi connectivity index (χ2n) is 3.64. The van der Waals surface area contributed by atoms with Gasteiger partial charge in [0, 0.05) is 28.5 Å². The summed E-state index contributed by atoms with van der Waals surface area (Å²) < 4.78 is 1.01. The third-order valence-electron chi connectivity index (χ3n) is 2.34. The van der Waals surface area contributed by atoms with E-state index in [2.05, 4.69) is 25.9 Å². The molecule has 0 aliphatic rings. The van der Waals surface area contributed by atoms with Gasteiger partial charge in [0.25, 0.3) is 5.56 Å². The van der Waals surface area contributed by atoms with E-state index in [9.17, 15) is 4.79 Å². The number of hydrogen-bond donors (Lipinski definition) is 2. The van der Waals surface area contributed by atoms with E-state index in [-0.39, 0.29) is 10.8 Å². The number of rotatable bonds is 4. The Balaban J connectivity index is 2.22. The largest absolute Gasteiger partial charge is 0.329 e. The van der Waals surface area contributed by atoms with Crippen LogP contribution in [0.3, 0.4) is 0 Å². The number of aromatic amines is 1. The van der Waals surface area contributed by atoms with E-state index < -0.39 is 0 Å². The van der Waals surface area contributed by atoms with Gasteiger partial charge in [-0.05, 0) is 17.7 Å². The molecule has 1 heterocycles. The molecule has 18 heavy (non-hydrogen) atoms. The van der Waals surface area contributed by atoms with Crippen molar-refractivity contribution in [3.05, 3.63) is 56.9 Å². The van der Waals surface area contributed by atoms with E-state index in [1.807, 2.05) is 24.3 Å². The van der Waals surface area contributed by atoms with Crippen LogP contribution < -0.4 is 11.3 Å². The van der Waals surface area contributed by atoms with Gasteiger partial charge in [-0.25, -0.2) is 4.98 Å². The monoisotopic (exact) mass is 325 g/mol. The van der Waals surface area contributed by atoms with E-state index in [0.29, 0.717) is 11.7 Å². The minimum atomic E-state index is -0.155. The summed E-state index contributed by atoms with van der Waals surface area (Å²) in [6, 6.07) is 9.34. The van der Waals surface area contributed by atoms with Gasteiger partial charge in [-0.15, -0.1) is 0 Å². The molecule has 2 rings (SSSR count). The molecule has 0 aliphatic heterocycles. The van der Waals surface area contributed by atoms with Crippen molar-refractivity contribution in [3.63, 3.8) is 0 Å². The lowest BCUT2D eigenvalue weighted by atomic mass is 10.1. The molecule has 1 aromatic carbocycles. The molecule has 0 saturated heterocycles. The number of nitrogens with two attached hydrogens (primary N) is 1. The summed E-state index contributed by atoms with van der Waals surface area (Å²) in [6.07, 6.45) is 1.50. The molecule has 0 aliphatic carbocycles. The molecule has 0 amide bonds. The van der Waals surface area contributed by atoms with E-state index in [0.717, 1.165) is 10.0 Å². The van der Waals surface area contributed by atoms with E-state index in [1.165, 1.54) is 24.0 Å². The highest BCUT2D eigenvalue weighted by molar-refractivity contribution is 9.10. The maximum Gasteiger partial charge on any atom is 0.251 e. The zero-order valence-corrected chi connectivity index (χ0v) is 11.9. The Morgan fingerprint density at radius 1 is 1.44 bits per heavy atom. The molecule has 6 heteroatoms. The highest BCUT2D eigenvalue weighted by Crippen LogP contribution is 2.32. The molecule has 0 radical (unpaired) electrons. The maximum absolute atomic E-state index is 11.2. The van der Waals surface area contributed by atoms with Crippen LogP contribution in [0.2, 0.25) is 0 Å². The number of H-pyrrole nitrogens is 1. The number of hydrogen-bond acceptors (Lipinski definition) is 4. The Hall–Kier alpha value is -1.11. The first-order chi connectivity index (χ1) is 8.69. The number of aromatic nitrogens is 2. The second-order valence-corrected chi connectivity index (χ2v) is 5.74. The van der Waals surface area contributed by atoms with Crippen LogP contribution >= 0.6 is 27.7 Å². The van der Waals surface area contributed by atoms with Crippen LogP contribution in [0, 0.1) is 0 Å². The predicted octanol–water partition coefficient (Wildman–Crippen LogP) is 2.32. The van der Waals surface area contributed by atoms with Crippen molar-refractivity contribution < 1.29 is 0 Å². The Labute approximate surface area is 117 Å². The first kappa shape index (κ1) is 13.3. The van der Waals surface area contributed by atoms with Gasteiger partial charge in [-0.1, -0.05) is 39.8 Å². The molecule has 0 saturated carbocycles. The average Bonchev–Trinajstić information content (AvgIpc) is 2.36. The predicted molar refractivity (Wildman–Crippen MR) is 76.7 cm³/mol. The summed E-state index contributed by atoms with van der Waals surface area (Å²) in [7, 11) is 0. The normalized spacial score (nSPS) is 12.3. The molecule has 0 fully saturated rings. The van der Waals surface area contributed by atoms with Crippen LogP contribution in [-0.4, -0.2) is 16.5 Å². The van der Waals surface area contributed by atoms with Crippen LogP contribution in [0.15, 0.2) is 51.0 Å². The van der Waals surface area contributed by atoms with Gasteiger partial charge in [0.15, 0.2) is 5.16 Å². The lowest BCUT2D eigenvalue weighted by Gasteiger charge is -2.14. The third-order valence-corrected chi connectivity index (χ3v) is 4.01. The highest BCUT2D eigenvalue weighted by atomic mass is 79.9. The van der Waals surface area contributed by atoms with Gasteiger partial charge in [0.2, 0.25) is 0 Å². The van der Waals surface area contributed by atoms with Crippen LogP contribution in [0.5, 0.6) is 0 Å². The topological polar surface area (TPSA) is 71.8 Å². The number of nitrogens with one attached hydrogen (secondary N) is 1. The summed E-state index contributed by atoms with van der Waals surface area (Å²) in [5.74, 6) is 0. The van der Waals surface area contributed by atoms with Crippen molar-refractivity contribution in [2.24, 2.45) is 5.73 Å². The van der Waals surface area contributed by atoms with E-state index >= 15 is 0 Å². The summed E-state index contributed by atoms with van der Waals surface area (Å²) >= 11 is 4.89. The molecule has 0 bridgehead atoms. The molecule has 0 spiro atoms. The van der Waals surface area contributed by atoms with Crippen molar-refractivity contribution in [2.75, 3.05) is 6.54 Å². The quantitative estimate of drug-likeness (QED) is 0.668. The smallest absolute Gasteiger partial charge is 0.251 e. The SMILES string of the molecule is NCC(Sc1nccc(=O)[nH]1)c1cccc(Br)c1. The Kier molecular flexibility index (Phi) is 4.57. The molecular weight excluding hydrogens is 314 g/mol. The molecule has 2 aromatic rings. The van der Waals surface area contributed by atoms with Gasteiger partial charge in [0.05, 0.1) is 0 Å². The number of thioether (sulfide) groups is 1. The van der Waals surface area contributed by atoms with Crippen molar-refractivity contribution >= 4 is 27.7 Å². The molecule has 1 aromatic heterocycles. The van der Waals surface area contributed by atoms with E-state index in [1.54, 1.807) is 0 Å². The van der Waals surface area contributed by atoms with Crippen molar-refractivity contribution in [2.45, 2.75) is 10.4 Å². The lowest BCUT2D eigenvalue weighted by Crippen LogP contribution is -2.12. The van der Waals surface area contributed by atoms with Gasteiger partial charge < -0.3 is 10.7 Å². The third kappa shape index (κ3) is 3.44. The van der Waals surface area contributed by atoms with Crippen molar-refractivity contribution in [1.29, 1.82) is 0 Å². The Morgan fingerprint density at radius 2 is 2.28 bits per heavy atom. The summed E-state index contributed by atoms with van der Waals surface area (Å²) in [4.78, 5) is 18.0. The zero-order valence-electron chi connectivity index (χ0n) is 9.47. The highest BCUT2D eigenvalue weighted by Gasteiger charge is 2.13. The van der Waals surface area contributed by atoms with Gasteiger partial charge >= 0.3 is 0 Å². The Bertz CT molecular complexity index is 587. The number of benzene rings is 1. The van der Waals surface area contributed by atoms with Crippen LogP contribution in [0.4, 0.5) is 0 Å². The molecular formula is C12H12BrN3OS. The van der Waals surface area contributed by atoms with Gasteiger partial charge in [-0.3, -0.25) is 4.79 Å². The van der Waals surface area contributed by atoms with Crippen molar-refractivity contribution in [3.8, 4) is 0 Å². The standard InChI is InChI=1S/C12H12BrN3OS/c13-9-3-1-2-8(6-9)10(7-14)18-12-15-5-4-11(17)16-12/h1-6,10H,7,14H2,(H,15,16,17). The molecule has 1 unspecified atom stereocenters. The first-order valence-corrected chi connectivity index (χ1v) is 7.04. The molecule has 3 N–H and O–H groups in total. The zero-order chi connectivity index (χ0) is 13.0. The van der Waals surface area contributed by atoms with Gasteiger partial charge in [-0.2, -0.15) is 0 Å². The fourth-order valence-corrected chi connectivity index (χ4v) is 2.85. The lowest BCUT2D eigenvalue weighted by molar-refractivity contribution is 0.896. The van der Waals surface area contributed by atoms with E-state index in [4.69, 9.17) is 5.73 Å². The fraction of sp³-hybridized carbons (Fsp3) is 0.167. The van der Waals surface area contributed by atoms with Crippen LogP contribution in [0.1, 0.15) is 10.8 Å². The molecule has 4 nitrogen and oxygen atoms in total. The number of halogens is 1. The molecule has 94 valence electrons. The number of nitrogens with zero attached hydrogens (tertiary/aromatic N) is 1. The maximum atomic E-state index is 11.2. The second kappa shape index (κ2) is 6.17. The molecule has 1 atom stereocenters. The average molecular weight is 326 g/mol. The minimum Gasteiger partial charge on any atom is -0.329 e. The van der Waals surface area contributed by atoms with Crippen LogP contribution in [0.25, 0.3) is 0 Å². The Morgan fingerprint density at radius 3 is 2.94 bits per heavy atom. The summed E-state index contributed by atoms with van der Waals surface area (Å²) in [5.41, 5.74) is 6.73. The fourth-order valence-electron chi connectivity index (χ4n) is 1.51. The summed E-state index contributed by atoms with van der Waals surface area (Å²) in [6.45, 7) is 0.472. The van der Waals surface area contributed by atoms with Crippen LogP contribution in [-0.2, 0) is 0 Å². The van der Waals surface area contributed by atoms with Gasteiger partial charge in [0.1, 0.15) is 0 Å². The van der Waals surface area contributed by atoms with Crippen molar-refractivity contribution in [1.82, 2.24) is 9.97 Å². The summed E-state index contributed by atoms with van der Waals surface area (Å²) in [5, 5.41) is 0.644. The minimum absolute atomic E-state index is 0.0630. The first-order valence-electron chi connectivity index (χ1n) is 5.36.